The van der Waals surface area contributed by atoms with E-state index in [1.807, 2.05) is 0 Å². The summed E-state index contributed by atoms with van der Waals surface area (Å²) in [5, 5.41) is 7.79. The molecule has 82 valence electrons. The lowest BCUT2D eigenvalue weighted by Crippen LogP contribution is -2.08. The molecule has 0 aliphatic carbocycles. The molecule has 0 aromatic carbocycles. The highest BCUT2D eigenvalue weighted by Crippen LogP contribution is 2.13. The molecule has 0 aliphatic rings. The Hall–Kier alpha value is -2.24. The smallest absolute Gasteiger partial charge is 0.359 e. The lowest BCUT2D eigenvalue weighted by atomic mass is 10.2. The largest absolute Gasteiger partial charge is 0.461 e. The molecule has 6 heteroatoms. The van der Waals surface area contributed by atoms with E-state index in [0.717, 1.165) is 0 Å². The number of aldehydes is 1. The van der Waals surface area contributed by atoms with Crippen LogP contribution in [-0.4, -0.2) is 33.7 Å². The first-order valence-electron chi connectivity index (χ1n) is 4.74. The van der Waals surface area contributed by atoms with Crippen LogP contribution in [0.1, 0.15) is 27.8 Å². The number of carbonyl (C=O) groups excluding carboxylic acids is 2. The van der Waals surface area contributed by atoms with Gasteiger partial charge in [0.25, 0.3) is 0 Å². The molecule has 0 fully saturated rings. The Kier molecular flexibility index (Phi) is 2.63. The highest BCUT2D eigenvalue weighted by molar-refractivity contribution is 6.01. The second kappa shape index (κ2) is 4.09. The fourth-order valence-electron chi connectivity index (χ4n) is 1.38. The van der Waals surface area contributed by atoms with Crippen molar-refractivity contribution in [1.82, 2.24) is 14.8 Å². The van der Waals surface area contributed by atoms with Gasteiger partial charge in [0.2, 0.25) is 0 Å². The normalized spacial score (nSPS) is 10.3. The van der Waals surface area contributed by atoms with Crippen LogP contribution < -0.4 is 0 Å². The van der Waals surface area contributed by atoms with Crippen molar-refractivity contribution in [3.05, 3.63) is 29.6 Å². The molecule has 2 aromatic rings. The first-order valence-corrected chi connectivity index (χ1v) is 4.74. The summed E-state index contributed by atoms with van der Waals surface area (Å²) < 4.78 is 6.03. The molecule has 2 rings (SSSR count). The summed E-state index contributed by atoms with van der Waals surface area (Å²) in [6, 6.07) is 3.32. The number of rotatable bonds is 3. The fraction of sp³-hybridized carbons (Fsp3) is 0.200. The number of fused-ring (bicyclic) bond motifs is 1. The van der Waals surface area contributed by atoms with Gasteiger partial charge in [-0.25, -0.2) is 4.79 Å². The average molecular weight is 219 g/mol. The molecule has 0 atom stereocenters. The predicted octanol–water partition coefficient (Wildman–Crippen LogP) is 0.719. The molecule has 0 bridgehead atoms. The minimum Gasteiger partial charge on any atom is -0.461 e. The zero-order chi connectivity index (χ0) is 11.5. The van der Waals surface area contributed by atoms with Crippen LogP contribution >= 0.6 is 0 Å². The van der Waals surface area contributed by atoms with Gasteiger partial charge in [0.1, 0.15) is 0 Å². The Morgan fingerprint density at radius 1 is 1.62 bits per heavy atom. The summed E-state index contributed by atoms with van der Waals surface area (Å²) in [7, 11) is 0. The molecular formula is C10H9N3O3. The second-order valence-electron chi connectivity index (χ2n) is 3.00. The van der Waals surface area contributed by atoms with E-state index >= 15 is 0 Å². The second-order valence-corrected chi connectivity index (χ2v) is 3.00. The minimum atomic E-state index is -0.616. The predicted molar refractivity (Wildman–Crippen MR) is 54.3 cm³/mol. The standard InChI is InChI=1S/C10H9N3O3/c1-2-16-10(15)9-7(6-14)8-4-3-5-11-13(8)12-9/h3-6H,2H2,1H3. The van der Waals surface area contributed by atoms with E-state index in [2.05, 4.69) is 10.2 Å². The number of esters is 1. The minimum absolute atomic E-state index is 0.00412. The van der Waals surface area contributed by atoms with Crippen LogP contribution in [0.25, 0.3) is 5.52 Å². The van der Waals surface area contributed by atoms with Gasteiger partial charge in [0.15, 0.2) is 12.0 Å². The summed E-state index contributed by atoms with van der Waals surface area (Å²) in [5.41, 5.74) is 0.683. The molecule has 0 N–H and O–H groups in total. The van der Waals surface area contributed by atoms with Crippen LogP contribution in [0.4, 0.5) is 0 Å². The number of ether oxygens (including phenoxy) is 1. The van der Waals surface area contributed by atoms with Crippen LogP contribution in [0.2, 0.25) is 0 Å². The van der Waals surface area contributed by atoms with Crippen LogP contribution in [0.15, 0.2) is 18.3 Å². The zero-order valence-electron chi connectivity index (χ0n) is 8.58. The molecule has 0 radical (unpaired) electrons. The van der Waals surface area contributed by atoms with Crippen molar-refractivity contribution in [1.29, 1.82) is 0 Å². The van der Waals surface area contributed by atoms with Crippen molar-refractivity contribution in [3.63, 3.8) is 0 Å². The lowest BCUT2D eigenvalue weighted by molar-refractivity contribution is 0.0516. The third kappa shape index (κ3) is 1.54. The molecule has 2 aromatic heterocycles. The Morgan fingerprint density at radius 3 is 3.12 bits per heavy atom. The summed E-state index contributed by atoms with van der Waals surface area (Å²) in [4.78, 5) is 22.4. The van der Waals surface area contributed by atoms with Crippen molar-refractivity contribution in [2.24, 2.45) is 0 Å². The SMILES string of the molecule is CCOC(=O)c1nn2ncccc2c1C=O. The van der Waals surface area contributed by atoms with Gasteiger partial charge in [-0.1, -0.05) is 0 Å². The maximum Gasteiger partial charge on any atom is 0.359 e. The molecule has 0 unspecified atom stereocenters. The van der Waals surface area contributed by atoms with Gasteiger partial charge in [-0.05, 0) is 19.1 Å². The van der Waals surface area contributed by atoms with Crippen LogP contribution in [0, 0.1) is 0 Å². The maximum absolute atomic E-state index is 11.5. The number of aromatic nitrogens is 3. The van der Waals surface area contributed by atoms with E-state index in [4.69, 9.17) is 4.74 Å². The molecule has 0 aliphatic heterocycles. The summed E-state index contributed by atoms with van der Waals surface area (Å²) >= 11 is 0. The molecule has 0 saturated carbocycles. The molecule has 0 spiro atoms. The first-order chi connectivity index (χ1) is 7.77. The first kappa shape index (κ1) is 10.3. The van der Waals surface area contributed by atoms with Crippen molar-refractivity contribution >= 4 is 17.8 Å². The van der Waals surface area contributed by atoms with Gasteiger partial charge in [-0.3, -0.25) is 4.79 Å². The number of hydrogen-bond acceptors (Lipinski definition) is 5. The third-order valence-electron chi connectivity index (χ3n) is 2.04. The molecule has 0 saturated heterocycles. The molecule has 6 nitrogen and oxygen atoms in total. The van der Waals surface area contributed by atoms with Gasteiger partial charge in [0, 0.05) is 6.20 Å². The Bertz CT molecular complexity index is 547. The number of hydrogen-bond donors (Lipinski definition) is 0. The fourth-order valence-corrected chi connectivity index (χ4v) is 1.38. The summed E-state index contributed by atoms with van der Waals surface area (Å²) in [6.07, 6.45) is 2.10. The number of carbonyl (C=O) groups is 2. The Morgan fingerprint density at radius 2 is 2.44 bits per heavy atom. The third-order valence-corrected chi connectivity index (χ3v) is 2.04. The molecule has 0 amide bonds. The maximum atomic E-state index is 11.5. The van der Waals surface area contributed by atoms with E-state index in [1.54, 1.807) is 19.1 Å². The van der Waals surface area contributed by atoms with Gasteiger partial charge in [0.05, 0.1) is 17.7 Å². The van der Waals surface area contributed by atoms with Gasteiger partial charge in [-0.15, -0.1) is 5.10 Å². The Labute approximate surface area is 90.8 Å². The monoisotopic (exact) mass is 219 g/mol. The van der Waals surface area contributed by atoms with E-state index in [-0.39, 0.29) is 17.9 Å². The van der Waals surface area contributed by atoms with Crippen molar-refractivity contribution < 1.29 is 14.3 Å². The Balaban J connectivity index is 2.60. The van der Waals surface area contributed by atoms with Crippen molar-refractivity contribution in [3.8, 4) is 0 Å². The van der Waals surface area contributed by atoms with E-state index in [0.29, 0.717) is 11.8 Å². The van der Waals surface area contributed by atoms with Gasteiger partial charge < -0.3 is 4.74 Å². The van der Waals surface area contributed by atoms with Crippen LogP contribution in [-0.2, 0) is 4.74 Å². The lowest BCUT2D eigenvalue weighted by Gasteiger charge is -1.96. The molecular weight excluding hydrogens is 210 g/mol. The average Bonchev–Trinajstić information content (AvgIpc) is 2.67. The van der Waals surface area contributed by atoms with E-state index in [9.17, 15) is 9.59 Å². The van der Waals surface area contributed by atoms with Gasteiger partial charge in [-0.2, -0.15) is 9.73 Å². The summed E-state index contributed by atoms with van der Waals surface area (Å²) in [6.45, 7) is 1.92. The van der Waals surface area contributed by atoms with Crippen molar-refractivity contribution in [2.45, 2.75) is 6.92 Å². The molecule has 2 heterocycles. The topological polar surface area (TPSA) is 73.6 Å². The zero-order valence-corrected chi connectivity index (χ0v) is 8.58. The van der Waals surface area contributed by atoms with Crippen molar-refractivity contribution in [2.75, 3.05) is 6.61 Å². The van der Waals surface area contributed by atoms with Crippen LogP contribution in [0.5, 0.6) is 0 Å². The highest BCUT2D eigenvalue weighted by Gasteiger charge is 2.19. The highest BCUT2D eigenvalue weighted by atomic mass is 16.5. The molecule has 16 heavy (non-hydrogen) atoms. The van der Waals surface area contributed by atoms with E-state index < -0.39 is 5.97 Å². The van der Waals surface area contributed by atoms with Gasteiger partial charge >= 0.3 is 5.97 Å². The quantitative estimate of drug-likeness (QED) is 0.561. The van der Waals surface area contributed by atoms with E-state index in [1.165, 1.54) is 10.8 Å². The summed E-state index contributed by atoms with van der Waals surface area (Å²) in [5.74, 6) is -0.616. The number of nitrogens with zero attached hydrogens (tertiary/aromatic N) is 3. The van der Waals surface area contributed by atoms with Crippen LogP contribution in [0.3, 0.4) is 0 Å².